The highest BCUT2D eigenvalue weighted by molar-refractivity contribution is 6.30. The summed E-state index contributed by atoms with van der Waals surface area (Å²) < 4.78 is 11.2. The summed E-state index contributed by atoms with van der Waals surface area (Å²) in [6, 6.07) is 8.92. The Labute approximate surface area is 117 Å². The number of halogens is 1. The Morgan fingerprint density at radius 1 is 1.26 bits per heavy atom. The molecule has 1 heterocycles. The van der Waals surface area contributed by atoms with Crippen LogP contribution in [0.15, 0.2) is 36.5 Å². The molecule has 19 heavy (non-hydrogen) atoms. The Kier molecular flexibility index (Phi) is 4.60. The van der Waals surface area contributed by atoms with Gasteiger partial charge >= 0.3 is 0 Å². The van der Waals surface area contributed by atoms with Crippen LogP contribution in [0, 0.1) is 0 Å². The summed E-state index contributed by atoms with van der Waals surface area (Å²) in [7, 11) is 0. The number of ether oxygens (including phenoxy) is 2. The molecule has 1 aromatic carbocycles. The second-order valence-electron chi connectivity index (χ2n) is 3.80. The van der Waals surface area contributed by atoms with Crippen molar-refractivity contribution in [2.24, 2.45) is 5.73 Å². The highest BCUT2D eigenvalue weighted by Crippen LogP contribution is 2.32. The van der Waals surface area contributed by atoms with Gasteiger partial charge < -0.3 is 15.2 Å². The topological polar surface area (TPSA) is 57.4 Å². The Bertz CT molecular complexity index is 561. The molecular weight excluding hydrogens is 264 g/mol. The lowest BCUT2D eigenvalue weighted by Gasteiger charge is -2.12. The van der Waals surface area contributed by atoms with Crippen LogP contribution in [0.1, 0.15) is 12.5 Å². The first-order chi connectivity index (χ1) is 9.24. The van der Waals surface area contributed by atoms with Crippen LogP contribution in [0.3, 0.4) is 0 Å². The maximum absolute atomic E-state index is 5.97. The molecular formula is C14H15ClN2O2. The fourth-order valence-electron chi connectivity index (χ4n) is 1.61. The zero-order valence-corrected chi connectivity index (χ0v) is 11.4. The van der Waals surface area contributed by atoms with Gasteiger partial charge in [-0.15, -0.1) is 0 Å². The zero-order chi connectivity index (χ0) is 13.7. The summed E-state index contributed by atoms with van der Waals surface area (Å²) in [4.78, 5) is 4.17. The van der Waals surface area contributed by atoms with Crippen LogP contribution in [-0.4, -0.2) is 11.6 Å². The normalized spacial score (nSPS) is 10.3. The number of hydrogen-bond donors (Lipinski definition) is 1. The van der Waals surface area contributed by atoms with E-state index < -0.39 is 0 Å². The van der Waals surface area contributed by atoms with Gasteiger partial charge in [0.1, 0.15) is 5.75 Å². The van der Waals surface area contributed by atoms with Crippen molar-refractivity contribution in [1.29, 1.82) is 0 Å². The SMILES string of the molecule is CCOc1cccnc1Oc1cc(Cl)ccc1CN. The van der Waals surface area contributed by atoms with Gasteiger partial charge in [0.2, 0.25) is 0 Å². The molecule has 0 saturated heterocycles. The molecule has 0 amide bonds. The minimum atomic E-state index is 0.364. The molecule has 1 aromatic heterocycles. The summed E-state index contributed by atoms with van der Waals surface area (Å²) in [5.74, 6) is 1.59. The minimum absolute atomic E-state index is 0.364. The van der Waals surface area contributed by atoms with E-state index >= 15 is 0 Å². The van der Waals surface area contributed by atoms with E-state index in [-0.39, 0.29) is 0 Å². The minimum Gasteiger partial charge on any atom is -0.488 e. The standard InChI is InChI=1S/C14H15ClN2O2/c1-2-18-12-4-3-7-17-14(12)19-13-8-11(15)6-5-10(13)9-16/h3-8H,2,9,16H2,1H3. The number of rotatable bonds is 5. The second kappa shape index (κ2) is 6.41. The van der Waals surface area contributed by atoms with Crippen molar-refractivity contribution in [2.75, 3.05) is 6.61 Å². The quantitative estimate of drug-likeness (QED) is 0.911. The lowest BCUT2D eigenvalue weighted by molar-refractivity contribution is 0.316. The van der Waals surface area contributed by atoms with E-state index in [0.717, 1.165) is 5.56 Å². The predicted octanol–water partition coefficient (Wildman–Crippen LogP) is 3.38. The van der Waals surface area contributed by atoms with E-state index in [9.17, 15) is 0 Å². The van der Waals surface area contributed by atoms with Gasteiger partial charge in [-0.05, 0) is 31.2 Å². The van der Waals surface area contributed by atoms with Crippen molar-refractivity contribution in [3.63, 3.8) is 0 Å². The molecule has 0 aliphatic carbocycles. The lowest BCUT2D eigenvalue weighted by atomic mass is 10.2. The molecule has 0 unspecified atom stereocenters. The second-order valence-corrected chi connectivity index (χ2v) is 4.23. The molecule has 2 N–H and O–H groups in total. The van der Waals surface area contributed by atoms with Crippen LogP contribution in [0.5, 0.6) is 17.4 Å². The third-order valence-corrected chi connectivity index (χ3v) is 2.73. The maximum Gasteiger partial charge on any atom is 0.262 e. The number of nitrogens with two attached hydrogens (primary N) is 1. The van der Waals surface area contributed by atoms with Gasteiger partial charge in [-0.2, -0.15) is 0 Å². The van der Waals surface area contributed by atoms with E-state index in [1.807, 2.05) is 13.0 Å². The predicted molar refractivity (Wildman–Crippen MR) is 74.8 cm³/mol. The van der Waals surface area contributed by atoms with Gasteiger partial charge in [-0.1, -0.05) is 17.7 Å². The first kappa shape index (κ1) is 13.6. The molecule has 0 radical (unpaired) electrons. The molecule has 0 saturated carbocycles. The number of pyridine rings is 1. The van der Waals surface area contributed by atoms with Gasteiger partial charge in [0.25, 0.3) is 5.88 Å². The van der Waals surface area contributed by atoms with Gasteiger partial charge in [0.15, 0.2) is 5.75 Å². The summed E-state index contributed by atoms with van der Waals surface area (Å²) in [6.07, 6.45) is 1.64. The first-order valence-electron chi connectivity index (χ1n) is 5.98. The van der Waals surface area contributed by atoms with Crippen molar-refractivity contribution < 1.29 is 9.47 Å². The molecule has 100 valence electrons. The Hall–Kier alpha value is -1.78. The molecule has 5 heteroatoms. The lowest BCUT2D eigenvalue weighted by Crippen LogP contribution is -2.01. The maximum atomic E-state index is 5.97. The summed E-state index contributed by atoms with van der Waals surface area (Å²) in [5, 5.41) is 0.584. The smallest absolute Gasteiger partial charge is 0.262 e. The molecule has 2 aromatic rings. The average Bonchev–Trinajstić information content (AvgIpc) is 2.42. The van der Waals surface area contributed by atoms with Gasteiger partial charge in [0, 0.05) is 23.3 Å². The first-order valence-corrected chi connectivity index (χ1v) is 6.36. The fourth-order valence-corrected chi connectivity index (χ4v) is 1.78. The zero-order valence-electron chi connectivity index (χ0n) is 10.6. The van der Waals surface area contributed by atoms with Crippen LogP contribution < -0.4 is 15.2 Å². The molecule has 0 bridgehead atoms. The summed E-state index contributed by atoms with van der Waals surface area (Å²) in [5.41, 5.74) is 6.54. The van der Waals surface area contributed by atoms with Crippen LogP contribution >= 0.6 is 11.6 Å². The molecule has 0 fully saturated rings. The van der Waals surface area contributed by atoms with Crippen molar-refractivity contribution >= 4 is 11.6 Å². The molecule has 0 aliphatic heterocycles. The molecule has 0 aliphatic rings. The molecule has 4 nitrogen and oxygen atoms in total. The monoisotopic (exact) mass is 278 g/mol. The third-order valence-electron chi connectivity index (χ3n) is 2.49. The average molecular weight is 279 g/mol. The van der Waals surface area contributed by atoms with E-state index in [1.165, 1.54) is 0 Å². The van der Waals surface area contributed by atoms with E-state index in [0.29, 0.717) is 35.6 Å². The Balaban J connectivity index is 2.33. The van der Waals surface area contributed by atoms with Crippen molar-refractivity contribution in [2.45, 2.75) is 13.5 Å². The van der Waals surface area contributed by atoms with E-state index in [1.54, 1.807) is 30.5 Å². The Morgan fingerprint density at radius 2 is 2.11 bits per heavy atom. The van der Waals surface area contributed by atoms with Crippen molar-refractivity contribution in [3.05, 3.63) is 47.1 Å². The van der Waals surface area contributed by atoms with Gasteiger partial charge in [-0.3, -0.25) is 0 Å². The fraction of sp³-hybridized carbons (Fsp3) is 0.214. The summed E-state index contributed by atoms with van der Waals surface area (Å²) in [6.45, 7) is 2.81. The largest absolute Gasteiger partial charge is 0.488 e. The van der Waals surface area contributed by atoms with Crippen LogP contribution in [-0.2, 0) is 6.54 Å². The van der Waals surface area contributed by atoms with Crippen LogP contribution in [0.4, 0.5) is 0 Å². The molecule has 0 spiro atoms. The highest BCUT2D eigenvalue weighted by Gasteiger charge is 2.10. The van der Waals surface area contributed by atoms with E-state index in [4.69, 9.17) is 26.8 Å². The molecule has 0 atom stereocenters. The number of benzene rings is 1. The van der Waals surface area contributed by atoms with Gasteiger partial charge in [-0.25, -0.2) is 4.98 Å². The van der Waals surface area contributed by atoms with Crippen LogP contribution in [0.25, 0.3) is 0 Å². The highest BCUT2D eigenvalue weighted by atomic mass is 35.5. The molecule has 2 rings (SSSR count). The van der Waals surface area contributed by atoms with Crippen molar-refractivity contribution in [1.82, 2.24) is 4.98 Å². The number of hydrogen-bond acceptors (Lipinski definition) is 4. The Morgan fingerprint density at radius 3 is 2.84 bits per heavy atom. The van der Waals surface area contributed by atoms with Crippen LogP contribution in [0.2, 0.25) is 5.02 Å². The van der Waals surface area contributed by atoms with Crippen molar-refractivity contribution in [3.8, 4) is 17.4 Å². The number of aromatic nitrogens is 1. The van der Waals surface area contributed by atoms with Gasteiger partial charge in [0.05, 0.1) is 6.61 Å². The third kappa shape index (κ3) is 3.36. The number of nitrogens with zero attached hydrogens (tertiary/aromatic N) is 1. The summed E-state index contributed by atoms with van der Waals surface area (Å²) >= 11 is 5.97. The van der Waals surface area contributed by atoms with E-state index in [2.05, 4.69) is 4.98 Å².